The normalized spacial score (nSPS) is 12.4. The van der Waals surface area contributed by atoms with Crippen molar-refractivity contribution in [2.75, 3.05) is 31.2 Å². The molecule has 1 rings (SSSR count). The number of aromatic nitrogens is 1. The highest BCUT2D eigenvalue weighted by Gasteiger charge is 2.07. The number of pyridine rings is 1. The Labute approximate surface area is 110 Å². The Balaban J connectivity index is 2.63. The second-order valence-corrected chi connectivity index (χ2v) is 4.23. The summed E-state index contributed by atoms with van der Waals surface area (Å²) in [7, 11) is 0. The summed E-state index contributed by atoms with van der Waals surface area (Å²) in [4.78, 5) is 6.69. The first-order chi connectivity index (χ1) is 8.72. The highest BCUT2D eigenvalue weighted by atomic mass is 16.5. The van der Waals surface area contributed by atoms with Gasteiger partial charge in [-0.05, 0) is 32.4 Å². The van der Waals surface area contributed by atoms with Gasteiger partial charge in [0.15, 0.2) is 0 Å². The van der Waals surface area contributed by atoms with Crippen molar-refractivity contribution in [2.45, 2.75) is 33.2 Å². The van der Waals surface area contributed by atoms with Gasteiger partial charge in [0.2, 0.25) is 0 Å². The molecule has 2 N–H and O–H groups in total. The molecule has 4 nitrogen and oxygen atoms in total. The number of hydrogen-bond acceptors (Lipinski definition) is 4. The molecule has 0 spiro atoms. The summed E-state index contributed by atoms with van der Waals surface area (Å²) in [5.41, 5.74) is 8.04. The van der Waals surface area contributed by atoms with Crippen molar-refractivity contribution in [1.29, 1.82) is 0 Å². The molecule has 0 aliphatic carbocycles. The average Bonchev–Trinajstić information content (AvgIpc) is 2.43. The van der Waals surface area contributed by atoms with Gasteiger partial charge >= 0.3 is 0 Å². The predicted octanol–water partition coefficient (Wildman–Crippen LogP) is 2.35. The van der Waals surface area contributed by atoms with E-state index >= 15 is 0 Å². The topological polar surface area (TPSA) is 51.4 Å². The van der Waals surface area contributed by atoms with E-state index in [1.54, 1.807) is 0 Å². The van der Waals surface area contributed by atoms with Crippen molar-refractivity contribution in [3.8, 4) is 0 Å². The Hall–Kier alpha value is -1.13. The molecule has 18 heavy (non-hydrogen) atoms. The molecular weight excluding hydrogens is 226 g/mol. The summed E-state index contributed by atoms with van der Waals surface area (Å²) in [5, 5.41) is 0. The standard InChI is InChI=1S/C14H25N3O/c1-4-13(15)14-8-7-12(11-16-14)17(5-2)9-10-18-6-3/h7-8,11,13H,4-6,9-10,15H2,1-3H3. The molecule has 0 amide bonds. The fourth-order valence-corrected chi connectivity index (χ4v) is 1.80. The molecule has 1 heterocycles. The number of anilines is 1. The Morgan fingerprint density at radius 1 is 1.33 bits per heavy atom. The summed E-state index contributed by atoms with van der Waals surface area (Å²) in [5.74, 6) is 0. The van der Waals surface area contributed by atoms with Crippen LogP contribution in [0.15, 0.2) is 18.3 Å². The van der Waals surface area contributed by atoms with Crippen molar-refractivity contribution in [3.05, 3.63) is 24.0 Å². The number of likely N-dealkylation sites (N-methyl/N-ethyl adjacent to an activating group) is 1. The van der Waals surface area contributed by atoms with Crippen LogP contribution in [-0.2, 0) is 4.74 Å². The van der Waals surface area contributed by atoms with Crippen molar-refractivity contribution in [3.63, 3.8) is 0 Å². The number of hydrogen-bond donors (Lipinski definition) is 1. The molecule has 0 aliphatic rings. The largest absolute Gasteiger partial charge is 0.380 e. The Kier molecular flexibility index (Phi) is 6.68. The first kappa shape index (κ1) is 14.9. The van der Waals surface area contributed by atoms with Crippen LogP contribution in [-0.4, -0.2) is 31.3 Å². The fourth-order valence-electron chi connectivity index (χ4n) is 1.80. The smallest absolute Gasteiger partial charge is 0.0641 e. The van der Waals surface area contributed by atoms with Gasteiger partial charge in [0.25, 0.3) is 0 Å². The zero-order valence-electron chi connectivity index (χ0n) is 11.7. The van der Waals surface area contributed by atoms with Gasteiger partial charge in [-0.1, -0.05) is 6.92 Å². The Morgan fingerprint density at radius 3 is 2.61 bits per heavy atom. The Bertz CT molecular complexity index is 326. The zero-order chi connectivity index (χ0) is 13.4. The SMILES string of the molecule is CCOCCN(CC)c1ccc(C(N)CC)nc1. The van der Waals surface area contributed by atoms with Crippen LogP contribution >= 0.6 is 0 Å². The summed E-state index contributed by atoms with van der Waals surface area (Å²) < 4.78 is 5.38. The maximum Gasteiger partial charge on any atom is 0.0641 e. The monoisotopic (exact) mass is 251 g/mol. The van der Waals surface area contributed by atoms with E-state index in [2.05, 4.69) is 29.8 Å². The predicted molar refractivity (Wildman–Crippen MR) is 75.8 cm³/mol. The Morgan fingerprint density at radius 2 is 2.11 bits per heavy atom. The van der Waals surface area contributed by atoms with Gasteiger partial charge in [0.1, 0.15) is 0 Å². The molecule has 0 saturated heterocycles. The van der Waals surface area contributed by atoms with Crippen molar-refractivity contribution in [1.82, 2.24) is 4.98 Å². The minimum absolute atomic E-state index is 0.0394. The highest BCUT2D eigenvalue weighted by molar-refractivity contribution is 5.44. The second-order valence-electron chi connectivity index (χ2n) is 4.23. The highest BCUT2D eigenvalue weighted by Crippen LogP contribution is 2.16. The summed E-state index contributed by atoms with van der Waals surface area (Å²) >= 11 is 0. The van der Waals surface area contributed by atoms with Crippen molar-refractivity contribution < 1.29 is 4.74 Å². The van der Waals surface area contributed by atoms with E-state index in [4.69, 9.17) is 10.5 Å². The van der Waals surface area contributed by atoms with Gasteiger partial charge in [-0.3, -0.25) is 4.98 Å². The molecule has 102 valence electrons. The van der Waals surface area contributed by atoms with E-state index in [0.717, 1.165) is 44.1 Å². The maximum absolute atomic E-state index is 5.96. The third-order valence-electron chi connectivity index (χ3n) is 3.05. The minimum atomic E-state index is 0.0394. The van der Waals surface area contributed by atoms with Crippen LogP contribution in [0.5, 0.6) is 0 Å². The first-order valence-corrected chi connectivity index (χ1v) is 6.77. The van der Waals surface area contributed by atoms with E-state index in [0.29, 0.717) is 0 Å². The van der Waals surface area contributed by atoms with Crippen LogP contribution in [0.2, 0.25) is 0 Å². The van der Waals surface area contributed by atoms with Crippen LogP contribution in [0.4, 0.5) is 5.69 Å². The minimum Gasteiger partial charge on any atom is -0.380 e. The molecule has 0 fully saturated rings. The average molecular weight is 251 g/mol. The molecule has 4 heteroatoms. The second kappa shape index (κ2) is 8.06. The molecule has 1 aromatic heterocycles. The van der Waals surface area contributed by atoms with Crippen LogP contribution < -0.4 is 10.6 Å². The van der Waals surface area contributed by atoms with E-state index in [9.17, 15) is 0 Å². The molecule has 0 bridgehead atoms. The number of ether oxygens (including phenoxy) is 1. The van der Waals surface area contributed by atoms with Gasteiger partial charge in [-0.2, -0.15) is 0 Å². The molecule has 1 unspecified atom stereocenters. The summed E-state index contributed by atoms with van der Waals surface area (Å²) in [6, 6.07) is 4.15. The van der Waals surface area contributed by atoms with Crippen molar-refractivity contribution in [2.24, 2.45) is 5.73 Å². The van der Waals surface area contributed by atoms with Crippen LogP contribution in [0.25, 0.3) is 0 Å². The molecule has 1 atom stereocenters. The third kappa shape index (κ3) is 4.27. The third-order valence-corrected chi connectivity index (χ3v) is 3.05. The fraction of sp³-hybridized carbons (Fsp3) is 0.643. The van der Waals surface area contributed by atoms with Crippen LogP contribution in [0.1, 0.15) is 38.9 Å². The number of nitrogens with zero attached hydrogens (tertiary/aromatic N) is 2. The first-order valence-electron chi connectivity index (χ1n) is 6.77. The molecule has 0 aromatic carbocycles. The lowest BCUT2D eigenvalue weighted by molar-refractivity contribution is 0.154. The van der Waals surface area contributed by atoms with Crippen molar-refractivity contribution >= 4 is 5.69 Å². The molecule has 0 radical (unpaired) electrons. The lowest BCUT2D eigenvalue weighted by Crippen LogP contribution is -2.27. The summed E-state index contributed by atoms with van der Waals surface area (Å²) in [6.45, 7) is 9.58. The van der Waals surface area contributed by atoms with Gasteiger partial charge in [0, 0.05) is 25.7 Å². The lowest BCUT2D eigenvalue weighted by Gasteiger charge is -2.23. The summed E-state index contributed by atoms with van der Waals surface area (Å²) in [6.07, 6.45) is 2.81. The zero-order valence-corrected chi connectivity index (χ0v) is 11.7. The van der Waals surface area contributed by atoms with Gasteiger partial charge < -0.3 is 15.4 Å². The molecule has 0 aliphatic heterocycles. The number of nitrogens with two attached hydrogens (primary N) is 1. The number of rotatable bonds is 8. The van der Waals surface area contributed by atoms with E-state index in [-0.39, 0.29) is 6.04 Å². The van der Waals surface area contributed by atoms with Gasteiger partial charge in [-0.15, -0.1) is 0 Å². The van der Waals surface area contributed by atoms with E-state index < -0.39 is 0 Å². The maximum atomic E-state index is 5.96. The van der Waals surface area contributed by atoms with E-state index in [1.807, 2.05) is 19.2 Å². The van der Waals surface area contributed by atoms with Gasteiger partial charge in [0.05, 0.1) is 24.2 Å². The molecular formula is C14H25N3O. The lowest BCUT2D eigenvalue weighted by atomic mass is 10.1. The molecule has 1 aromatic rings. The van der Waals surface area contributed by atoms with Crippen LogP contribution in [0, 0.1) is 0 Å². The quantitative estimate of drug-likeness (QED) is 0.721. The van der Waals surface area contributed by atoms with Gasteiger partial charge in [-0.25, -0.2) is 0 Å². The van der Waals surface area contributed by atoms with E-state index in [1.165, 1.54) is 0 Å². The van der Waals surface area contributed by atoms with Crippen LogP contribution in [0.3, 0.4) is 0 Å². The molecule has 0 saturated carbocycles.